The maximum atomic E-state index is 5.86. The SMILES string of the molecule is Cc1cc(Cl)ccc1Oc1cnc(C(N)=S)cn1. The van der Waals surface area contributed by atoms with Gasteiger partial charge in [-0.3, -0.25) is 0 Å². The molecule has 0 aliphatic rings. The zero-order valence-electron chi connectivity index (χ0n) is 9.55. The average molecular weight is 280 g/mol. The molecule has 0 fully saturated rings. The fourth-order valence-electron chi connectivity index (χ4n) is 1.34. The Labute approximate surface area is 115 Å². The van der Waals surface area contributed by atoms with Gasteiger partial charge in [0.05, 0.1) is 12.4 Å². The number of rotatable bonds is 3. The predicted octanol–water partition coefficient (Wildman–Crippen LogP) is 2.86. The highest BCUT2D eigenvalue weighted by Gasteiger charge is 2.05. The van der Waals surface area contributed by atoms with Gasteiger partial charge in [-0.15, -0.1) is 0 Å². The smallest absolute Gasteiger partial charge is 0.237 e. The number of benzene rings is 1. The normalized spacial score (nSPS) is 10.1. The number of nitrogens with zero attached hydrogens (tertiary/aromatic N) is 2. The van der Waals surface area contributed by atoms with Crippen LogP contribution >= 0.6 is 23.8 Å². The summed E-state index contributed by atoms with van der Waals surface area (Å²) >= 11 is 10.7. The highest BCUT2D eigenvalue weighted by molar-refractivity contribution is 7.80. The molecule has 1 aromatic heterocycles. The number of hydrogen-bond donors (Lipinski definition) is 1. The maximum absolute atomic E-state index is 5.86. The Morgan fingerprint density at radius 1 is 1.33 bits per heavy atom. The number of aryl methyl sites for hydroxylation is 1. The summed E-state index contributed by atoms with van der Waals surface area (Å²) in [5.74, 6) is 1.05. The largest absolute Gasteiger partial charge is 0.437 e. The van der Waals surface area contributed by atoms with Crippen molar-refractivity contribution in [1.82, 2.24) is 9.97 Å². The highest BCUT2D eigenvalue weighted by Crippen LogP contribution is 2.25. The van der Waals surface area contributed by atoms with Crippen LogP contribution in [0.15, 0.2) is 30.6 Å². The molecule has 0 unspecified atom stereocenters. The maximum Gasteiger partial charge on any atom is 0.237 e. The van der Waals surface area contributed by atoms with E-state index in [2.05, 4.69) is 9.97 Å². The van der Waals surface area contributed by atoms with Crippen LogP contribution in [0.4, 0.5) is 0 Å². The summed E-state index contributed by atoms with van der Waals surface area (Å²) in [6.07, 6.45) is 2.95. The lowest BCUT2D eigenvalue weighted by Gasteiger charge is -2.07. The minimum Gasteiger partial charge on any atom is -0.437 e. The van der Waals surface area contributed by atoms with Gasteiger partial charge in [-0.1, -0.05) is 23.8 Å². The van der Waals surface area contributed by atoms with Crippen LogP contribution in [0, 0.1) is 6.92 Å². The van der Waals surface area contributed by atoms with Crippen molar-refractivity contribution in [2.75, 3.05) is 0 Å². The number of ether oxygens (including phenoxy) is 1. The van der Waals surface area contributed by atoms with Gasteiger partial charge in [0.15, 0.2) is 0 Å². The van der Waals surface area contributed by atoms with Crippen LogP contribution in [0.25, 0.3) is 0 Å². The van der Waals surface area contributed by atoms with E-state index in [1.165, 1.54) is 12.4 Å². The Kier molecular flexibility index (Phi) is 3.74. The number of halogens is 1. The van der Waals surface area contributed by atoms with Gasteiger partial charge in [-0.2, -0.15) is 0 Å². The average Bonchev–Trinajstić information content (AvgIpc) is 2.33. The van der Waals surface area contributed by atoms with E-state index >= 15 is 0 Å². The molecule has 0 atom stereocenters. The first-order chi connectivity index (χ1) is 8.56. The zero-order chi connectivity index (χ0) is 13.1. The third kappa shape index (κ3) is 2.94. The third-order valence-electron chi connectivity index (χ3n) is 2.23. The van der Waals surface area contributed by atoms with E-state index in [0.717, 1.165) is 5.56 Å². The molecule has 0 aliphatic heterocycles. The summed E-state index contributed by atoms with van der Waals surface area (Å²) in [4.78, 5) is 8.32. The monoisotopic (exact) mass is 279 g/mol. The van der Waals surface area contributed by atoms with Crippen LogP contribution in [0.3, 0.4) is 0 Å². The first kappa shape index (κ1) is 12.7. The third-order valence-corrected chi connectivity index (χ3v) is 2.68. The molecule has 1 heterocycles. The van der Waals surface area contributed by atoms with Crippen molar-refractivity contribution < 1.29 is 4.74 Å². The lowest BCUT2D eigenvalue weighted by Crippen LogP contribution is -2.11. The van der Waals surface area contributed by atoms with Crippen molar-refractivity contribution in [2.24, 2.45) is 5.73 Å². The van der Waals surface area contributed by atoms with Crippen LogP contribution in [0.2, 0.25) is 5.02 Å². The molecule has 0 radical (unpaired) electrons. The van der Waals surface area contributed by atoms with Gasteiger partial charge in [-0.25, -0.2) is 9.97 Å². The molecular weight excluding hydrogens is 270 g/mol. The summed E-state index contributed by atoms with van der Waals surface area (Å²) in [6, 6.07) is 5.34. The van der Waals surface area contributed by atoms with Crippen molar-refractivity contribution >= 4 is 28.8 Å². The van der Waals surface area contributed by atoms with Gasteiger partial charge in [-0.05, 0) is 30.7 Å². The van der Waals surface area contributed by atoms with Crippen molar-refractivity contribution in [3.05, 3.63) is 46.9 Å². The summed E-state index contributed by atoms with van der Waals surface area (Å²) in [7, 11) is 0. The number of hydrogen-bond acceptors (Lipinski definition) is 4. The summed E-state index contributed by atoms with van der Waals surface area (Å²) in [6.45, 7) is 1.90. The minimum absolute atomic E-state index is 0.205. The van der Waals surface area contributed by atoms with Gasteiger partial charge in [0.1, 0.15) is 16.4 Å². The van der Waals surface area contributed by atoms with Gasteiger partial charge >= 0.3 is 0 Å². The lowest BCUT2D eigenvalue weighted by molar-refractivity contribution is 0.456. The molecule has 1 aromatic carbocycles. The molecule has 0 saturated heterocycles. The Morgan fingerprint density at radius 3 is 2.67 bits per heavy atom. The molecule has 0 spiro atoms. The first-order valence-corrected chi connectivity index (χ1v) is 5.91. The summed E-state index contributed by atoms with van der Waals surface area (Å²) < 4.78 is 5.58. The molecular formula is C12H10ClN3OS. The van der Waals surface area contributed by atoms with E-state index in [1.807, 2.05) is 13.0 Å². The molecule has 92 valence electrons. The Balaban J connectivity index is 2.21. The fraction of sp³-hybridized carbons (Fsp3) is 0.0833. The summed E-state index contributed by atoms with van der Waals surface area (Å²) in [5, 5.41) is 0.662. The standard InChI is InChI=1S/C12H10ClN3OS/c1-7-4-8(13)2-3-10(7)17-11-6-15-9(5-16-11)12(14)18/h2-6H,1H3,(H2,14,18). The molecule has 2 rings (SSSR count). The number of nitrogens with two attached hydrogens (primary N) is 1. The van der Waals surface area contributed by atoms with Crippen molar-refractivity contribution in [3.8, 4) is 11.6 Å². The van der Waals surface area contributed by atoms with Crippen LogP contribution in [-0.2, 0) is 0 Å². The number of aromatic nitrogens is 2. The topological polar surface area (TPSA) is 61.0 Å². The van der Waals surface area contributed by atoms with Crippen LogP contribution in [0.1, 0.15) is 11.3 Å². The van der Waals surface area contributed by atoms with E-state index in [-0.39, 0.29) is 4.99 Å². The molecule has 18 heavy (non-hydrogen) atoms. The number of thiocarbonyl (C=S) groups is 1. The van der Waals surface area contributed by atoms with E-state index in [4.69, 9.17) is 34.3 Å². The lowest BCUT2D eigenvalue weighted by atomic mass is 10.2. The molecule has 2 aromatic rings. The second-order valence-corrected chi connectivity index (χ2v) is 4.49. The Hall–Kier alpha value is -1.72. The highest BCUT2D eigenvalue weighted by atomic mass is 35.5. The van der Waals surface area contributed by atoms with Crippen LogP contribution in [-0.4, -0.2) is 15.0 Å². The Bertz CT molecular complexity index is 586. The van der Waals surface area contributed by atoms with Gasteiger partial charge in [0.2, 0.25) is 5.88 Å². The van der Waals surface area contributed by atoms with Gasteiger partial charge in [0, 0.05) is 5.02 Å². The van der Waals surface area contributed by atoms with E-state index < -0.39 is 0 Å². The van der Waals surface area contributed by atoms with Crippen LogP contribution in [0.5, 0.6) is 11.6 Å². The molecule has 0 saturated carbocycles. The van der Waals surface area contributed by atoms with E-state index in [1.54, 1.807) is 12.1 Å². The van der Waals surface area contributed by atoms with Gasteiger partial charge < -0.3 is 10.5 Å². The first-order valence-electron chi connectivity index (χ1n) is 5.12. The van der Waals surface area contributed by atoms with Crippen molar-refractivity contribution in [3.63, 3.8) is 0 Å². The molecule has 0 amide bonds. The molecule has 0 aliphatic carbocycles. The van der Waals surface area contributed by atoms with E-state index in [9.17, 15) is 0 Å². The van der Waals surface area contributed by atoms with Crippen molar-refractivity contribution in [2.45, 2.75) is 6.92 Å². The Morgan fingerprint density at radius 2 is 2.11 bits per heavy atom. The second-order valence-electron chi connectivity index (χ2n) is 3.62. The van der Waals surface area contributed by atoms with Crippen LogP contribution < -0.4 is 10.5 Å². The van der Waals surface area contributed by atoms with Gasteiger partial charge in [0.25, 0.3) is 0 Å². The molecule has 6 heteroatoms. The fourth-order valence-corrected chi connectivity index (χ4v) is 1.67. The van der Waals surface area contributed by atoms with Crippen molar-refractivity contribution in [1.29, 1.82) is 0 Å². The van der Waals surface area contributed by atoms with E-state index in [0.29, 0.717) is 22.3 Å². The molecule has 4 nitrogen and oxygen atoms in total. The second kappa shape index (κ2) is 5.29. The molecule has 2 N–H and O–H groups in total. The predicted molar refractivity (Wildman–Crippen MR) is 74.2 cm³/mol. The molecule has 0 bridgehead atoms. The zero-order valence-corrected chi connectivity index (χ0v) is 11.1. The quantitative estimate of drug-likeness (QED) is 0.876. The minimum atomic E-state index is 0.205. The summed E-state index contributed by atoms with van der Waals surface area (Å²) in [5.41, 5.74) is 6.81.